The largest absolute Gasteiger partial charge is 0.477 e. The number of amides is 3. The highest BCUT2D eigenvalue weighted by Gasteiger charge is 2.61. The molecular weight excluding hydrogens is 997 g/mol. The number of aromatic nitrogens is 2. The summed E-state index contributed by atoms with van der Waals surface area (Å²) in [6.07, 6.45) is -33.3. The number of rotatable bonds is 19. The molecule has 1 saturated carbocycles. The highest BCUT2D eigenvalue weighted by molar-refractivity contribution is 5.92. The van der Waals surface area contributed by atoms with E-state index in [4.69, 9.17) is 38.9 Å². The van der Waals surface area contributed by atoms with E-state index >= 15 is 0 Å². The molecule has 3 saturated heterocycles. The fourth-order valence-electron chi connectivity index (χ4n) is 9.16. The summed E-state index contributed by atoms with van der Waals surface area (Å²) < 4.78 is 42.4. The molecule has 3 aliphatic heterocycles. The Balaban J connectivity index is 1.48. The lowest BCUT2D eigenvalue weighted by Crippen LogP contribution is -2.71. The maximum atomic E-state index is 14.1. The van der Waals surface area contributed by atoms with Crippen LogP contribution in [0.3, 0.4) is 0 Å². The van der Waals surface area contributed by atoms with Gasteiger partial charge in [0.25, 0.3) is 17.3 Å². The van der Waals surface area contributed by atoms with Crippen molar-refractivity contribution in [2.75, 3.05) is 26.3 Å². The van der Waals surface area contributed by atoms with Gasteiger partial charge in [-0.05, 0) is 31.9 Å². The lowest BCUT2D eigenvalue weighted by molar-refractivity contribution is -0.378. The van der Waals surface area contributed by atoms with Gasteiger partial charge in [0.2, 0.25) is 11.8 Å². The Labute approximate surface area is 418 Å². The van der Waals surface area contributed by atoms with E-state index in [9.17, 15) is 84.6 Å². The molecule has 4 fully saturated rings. The first-order chi connectivity index (χ1) is 35.0. The fourth-order valence-corrected chi connectivity index (χ4v) is 9.16. The zero-order valence-electron chi connectivity index (χ0n) is 39.6. The van der Waals surface area contributed by atoms with Gasteiger partial charge in [0, 0.05) is 38.4 Å². The summed E-state index contributed by atoms with van der Waals surface area (Å²) in [5.74, 6) is -10.4. The van der Waals surface area contributed by atoms with Crippen LogP contribution in [-0.4, -0.2) is 233 Å². The SMILES string of the molecule is CC(=O)N[C@H]1[C@@H]([C@H](O)[C@H](O)CO)O[C@@](O[C@H]2[C@@H](O)[C@@H](CO)O[C@@H](O[C@@H]3CC(C(=O)NCCN)C[C@H](NC(=O)c4cc(=O)[nH]c(=O)[nH]4)[C@H]3O[C@@H]3O[C@@H](C)[C@@H](O)[C@@H](O)[C@@H]3O)[C@@H]2OC(=O)c2ccccc2)(C(=O)O)C[C@@H]1O. The number of ether oxygens (including phenoxy) is 7. The average Bonchev–Trinajstić information content (AvgIpc) is 3.36. The molecule has 1 unspecified atom stereocenters. The molecule has 74 heavy (non-hydrogen) atoms. The topological polar surface area (TPSA) is 480 Å². The molecule has 30 nitrogen and oxygen atoms in total. The zero-order chi connectivity index (χ0) is 54.3. The van der Waals surface area contributed by atoms with Gasteiger partial charge in [-0.2, -0.15) is 0 Å². The number of carboxylic acid groups (broad SMARTS) is 1. The number of hydrogen-bond donors (Lipinski definition) is 16. The molecule has 17 N–H and O–H groups in total. The number of aliphatic carboxylic acids is 1. The Kier molecular flexibility index (Phi) is 19.5. The third-order valence-corrected chi connectivity index (χ3v) is 12.9. The molecule has 30 heteroatoms. The van der Waals surface area contributed by atoms with Crippen molar-refractivity contribution in [1.29, 1.82) is 0 Å². The second-order valence-electron chi connectivity index (χ2n) is 18.2. The maximum absolute atomic E-state index is 14.1. The van der Waals surface area contributed by atoms with Crippen LogP contribution in [0, 0.1) is 5.92 Å². The van der Waals surface area contributed by atoms with Gasteiger partial charge >= 0.3 is 17.6 Å². The number of carbonyl (C=O) groups excluding carboxylic acids is 4. The molecule has 4 aliphatic rings. The van der Waals surface area contributed by atoms with Gasteiger partial charge in [-0.1, -0.05) is 18.2 Å². The number of aliphatic hydroxyl groups excluding tert-OH is 9. The predicted molar refractivity (Wildman–Crippen MR) is 241 cm³/mol. The molecule has 0 bridgehead atoms. The second-order valence-corrected chi connectivity index (χ2v) is 18.2. The van der Waals surface area contributed by atoms with Crippen LogP contribution in [0.5, 0.6) is 0 Å². The second kappa shape index (κ2) is 25.0. The zero-order valence-corrected chi connectivity index (χ0v) is 39.6. The standard InChI is InChI=1S/C44H62N6O24/c1-16-28(57)31(60)32(61)40(68-16)72-33-20(48-38(63)21-12-26(56)50-43(67)49-21)10-19(37(62)46-9-8-45)11-24(33)69-41-36(71-39(64)18-6-4-3-5-7-18)35(30(59)25(15-52)70-41)74-44(42(65)66)13-22(54)27(47-17(2)53)34(73-44)29(58)23(55)14-51/h3-7,12,16,19-20,22-25,27-36,40-41,51-52,54-55,57-61H,8-11,13-15,45H2,1-2H3,(H,46,62)(H,47,53)(H,48,63)(H,65,66)(H2,49,50,56,67)/t16-,19?,20-,22-,23+,24+,25+,27+,28+,29+,30-,31+,32-,33+,34-,35-,36+,40-,41+,44-/m0/s1. The van der Waals surface area contributed by atoms with E-state index in [1.807, 2.05) is 4.98 Å². The van der Waals surface area contributed by atoms with Crippen molar-refractivity contribution in [1.82, 2.24) is 25.9 Å². The number of carboxylic acids is 1. The van der Waals surface area contributed by atoms with Crippen LogP contribution >= 0.6 is 0 Å². The molecule has 1 aromatic carbocycles. The number of carbonyl (C=O) groups is 5. The summed E-state index contributed by atoms with van der Waals surface area (Å²) >= 11 is 0. The van der Waals surface area contributed by atoms with E-state index in [-0.39, 0.29) is 25.1 Å². The van der Waals surface area contributed by atoms with Crippen molar-refractivity contribution < 1.29 is 108 Å². The van der Waals surface area contributed by atoms with Gasteiger partial charge in [-0.3, -0.25) is 24.2 Å². The summed E-state index contributed by atoms with van der Waals surface area (Å²) in [5.41, 5.74) is 2.85. The number of hydrogen-bond acceptors (Lipinski definition) is 24. The molecule has 1 aromatic heterocycles. The third-order valence-electron chi connectivity index (χ3n) is 12.9. The number of nitrogens with two attached hydrogens (primary N) is 1. The minimum Gasteiger partial charge on any atom is -0.477 e. The number of H-pyrrole nitrogens is 2. The smallest absolute Gasteiger partial charge is 0.364 e. The van der Waals surface area contributed by atoms with Crippen LogP contribution in [0.25, 0.3) is 0 Å². The van der Waals surface area contributed by atoms with Crippen molar-refractivity contribution in [3.63, 3.8) is 0 Å². The van der Waals surface area contributed by atoms with Crippen molar-refractivity contribution in [3.05, 3.63) is 68.5 Å². The summed E-state index contributed by atoms with van der Waals surface area (Å²) in [6.45, 7) is -0.0246. The van der Waals surface area contributed by atoms with E-state index < -0.39 is 194 Å². The number of aromatic amines is 2. The monoisotopic (exact) mass is 1060 g/mol. The molecule has 0 radical (unpaired) electrons. The fraction of sp³-hybridized carbons (Fsp3) is 0.659. The average molecular weight is 1060 g/mol. The summed E-state index contributed by atoms with van der Waals surface area (Å²) in [4.78, 5) is 96.0. The van der Waals surface area contributed by atoms with Crippen molar-refractivity contribution in [3.8, 4) is 0 Å². The van der Waals surface area contributed by atoms with Crippen LogP contribution in [0.1, 0.15) is 54.0 Å². The van der Waals surface area contributed by atoms with Crippen LogP contribution < -0.4 is 32.9 Å². The van der Waals surface area contributed by atoms with Crippen LogP contribution in [0.4, 0.5) is 0 Å². The molecule has 6 rings (SSSR count). The molecular formula is C44H62N6O24. The van der Waals surface area contributed by atoms with Gasteiger partial charge in [-0.15, -0.1) is 0 Å². The highest BCUT2D eigenvalue weighted by atomic mass is 16.8. The summed E-state index contributed by atoms with van der Waals surface area (Å²) in [7, 11) is 0. The molecule has 3 amide bonds. The van der Waals surface area contributed by atoms with E-state index in [2.05, 4.69) is 20.9 Å². The van der Waals surface area contributed by atoms with Crippen LogP contribution in [0.15, 0.2) is 46.0 Å². The molecule has 20 atom stereocenters. The molecule has 4 heterocycles. The molecule has 412 valence electrons. The summed E-state index contributed by atoms with van der Waals surface area (Å²) in [5, 5.41) is 116. The first-order valence-electron chi connectivity index (χ1n) is 23.4. The van der Waals surface area contributed by atoms with Gasteiger partial charge in [-0.25, -0.2) is 14.4 Å². The minimum atomic E-state index is -3.24. The Hall–Kier alpha value is -5.39. The van der Waals surface area contributed by atoms with Crippen LogP contribution in [-0.2, 0) is 47.5 Å². The van der Waals surface area contributed by atoms with Gasteiger partial charge in [0.15, 0.2) is 18.7 Å². The van der Waals surface area contributed by atoms with Crippen LogP contribution in [0.2, 0.25) is 0 Å². The first-order valence-corrected chi connectivity index (χ1v) is 23.4. The van der Waals surface area contributed by atoms with Crippen molar-refractivity contribution >= 4 is 29.7 Å². The molecule has 2 aromatic rings. The first kappa shape index (κ1) is 57.9. The Bertz CT molecular complexity index is 2350. The van der Waals surface area contributed by atoms with E-state index in [1.165, 1.54) is 31.2 Å². The minimum absolute atomic E-state index is 0.0334. The van der Waals surface area contributed by atoms with Crippen molar-refractivity contribution in [2.24, 2.45) is 11.7 Å². The van der Waals surface area contributed by atoms with E-state index in [0.717, 1.165) is 13.0 Å². The maximum Gasteiger partial charge on any atom is 0.364 e. The number of benzene rings is 1. The number of nitrogens with one attached hydrogen (secondary N) is 5. The van der Waals surface area contributed by atoms with E-state index in [1.54, 1.807) is 6.07 Å². The Morgan fingerprint density at radius 3 is 2.20 bits per heavy atom. The number of aliphatic hydroxyl groups is 9. The summed E-state index contributed by atoms with van der Waals surface area (Å²) in [6, 6.07) is 4.56. The third kappa shape index (κ3) is 13.2. The highest BCUT2D eigenvalue weighted by Crippen LogP contribution is 2.41. The van der Waals surface area contributed by atoms with E-state index in [0.29, 0.717) is 0 Å². The lowest BCUT2D eigenvalue weighted by Gasteiger charge is -2.51. The Morgan fingerprint density at radius 2 is 1.58 bits per heavy atom. The molecule has 1 aliphatic carbocycles. The van der Waals surface area contributed by atoms with Gasteiger partial charge in [0.05, 0.1) is 49.2 Å². The number of esters is 1. The Morgan fingerprint density at radius 1 is 0.878 bits per heavy atom. The van der Waals surface area contributed by atoms with Crippen molar-refractivity contribution in [2.45, 2.75) is 149 Å². The van der Waals surface area contributed by atoms with Gasteiger partial charge < -0.3 is 111 Å². The quantitative estimate of drug-likeness (QED) is 0.0581. The van der Waals surface area contributed by atoms with Gasteiger partial charge in [0.1, 0.15) is 66.7 Å². The predicted octanol–water partition coefficient (Wildman–Crippen LogP) is -7.92. The lowest BCUT2D eigenvalue weighted by atomic mass is 9.80. The molecule has 0 spiro atoms. The normalized spacial score (nSPS) is 36.1.